The molecule has 0 bridgehead atoms. The van der Waals surface area contributed by atoms with E-state index in [2.05, 4.69) is 6.58 Å². The number of hydrogen-bond donors (Lipinski definition) is 1. The molecule has 1 amide bonds. The molecular formula is C25H27ClN2O4. The number of Topliss-reactive ketones (excluding diaryl/α,β-unsaturated/α-hetero) is 1. The highest BCUT2D eigenvalue weighted by atomic mass is 35.5. The maximum Gasteiger partial charge on any atom is 0.295 e. The van der Waals surface area contributed by atoms with E-state index in [-0.39, 0.29) is 11.3 Å². The summed E-state index contributed by atoms with van der Waals surface area (Å²) < 4.78 is 5.47. The lowest BCUT2D eigenvalue weighted by Crippen LogP contribution is -2.32. The van der Waals surface area contributed by atoms with E-state index in [1.807, 2.05) is 19.0 Å². The average molecular weight is 455 g/mol. The Kier molecular flexibility index (Phi) is 7.72. The van der Waals surface area contributed by atoms with Crippen LogP contribution in [-0.4, -0.2) is 60.4 Å². The minimum Gasteiger partial charge on any atom is -0.507 e. The third-order valence-corrected chi connectivity index (χ3v) is 5.48. The Morgan fingerprint density at radius 1 is 1.16 bits per heavy atom. The van der Waals surface area contributed by atoms with Crippen molar-refractivity contribution in [1.82, 2.24) is 9.80 Å². The molecule has 2 aromatic rings. The van der Waals surface area contributed by atoms with Crippen molar-refractivity contribution in [3.8, 4) is 5.75 Å². The molecule has 1 fully saturated rings. The summed E-state index contributed by atoms with van der Waals surface area (Å²) in [5.74, 6) is -0.913. The van der Waals surface area contributed by atoms with Crippen molar-refractivity contribution in [3.63, 3.8) is 0 Å². The standard InChI is InChI=1S/C25H27ClN2O4/c1-4-16-32-20-12-8-18(9-13-20)23(29)21-22(17-6-10-19(26)11-7-17)28(25(31)24(21)30)15-5-14-27(2)3/h4,6-13,22,29H,1,5,14-16H2,2-3H3/b23-21+/t22-/m1/s1. The molecule has 0 aromatic heterocycles. The van der Waals surface area contributed by atoms with Gasteiger partial charge >= 0.3 is 0 Å². The normalized spacial score (nSPS) is 17.8. The van der Waals surface area contributed by atoms with Gasteiger partial charge in [0.05, 0.1) is 11.6 Å². The third-order valence-electron chi connectivity index (χ3n) is 5.23. The second-order valence-corrected chi connectivity index (χ2v) is 8.26. The molecule has 3 rings (SSSR count). The summed E-state index contributed by atoms with van der Waals surface area (Å²) in [7, 11) is 3.90. The van der Waals surface area contributed by atoms with Crippen LogP contribution < -0.4 is 4.74 Å². The van der Waals surface area contributed by atoms with Crippen LogP contribution in [0.25, 0.3) is 5.76 Å². The fraction of sp³-hybridized carbons (Fsp3) is 0.280. The molecule has 168 valence electrons. The Labute approximate surface area is 193 Å². The Morgan fingerprint density at radius 2 is 1.81 bits per heavy atom. The number of aliphatic hydroxyl groups excluding tert-OH is 1. The number of likely N-dealkylation sites (tertiary alicyclic amines) is 1. The Bertz CT molecular complexity index is 1010. The zero-order chi connectivity index (χ0) is 23.3. The molecule has 1 aliphatic rings. The first-order valence-electron chi connectivity index (χ1n) is 10.4. The van der Waals surface area contributed by atoms with Gasteiger partial charge in [-0.3, -0.25) is 9.59 Å². The predicted octanol–water partition coefficient (Wildman–Crippen LogP) is 4.28. The fourth-order valence-electron chi connectivity index (χ4n) is 3.68. The van der Waals surface area contributed by atoms with Crippen LogP contribution in [0.1, 0.15) is 23.6 Å². The number of halogens is 1. The number of carbonyl (C=O) groups is 2. The monoisotopic (exact) mass is 454 g/mol. The average Bonchev–Trinajstić information content (AvgIpc) is 3.03. The van der Waals surface area contributed by atoms with Crippen LogP contribution in [0.4, 0.5) is 0 Å². The molecule has 32 heavy (non-hydrogen) atoms. The molecule has 1 heterocycles. The van der Waals surface area contributed by atoms with Crippen LogP contribution in [-0.2, 0) is 9.59 Å². The molecule has 0 aliphatic carbocycles. The molecule has 1 N–H and O–H groups in total. The van der Waals surface area contributed by atoms with Crippen molar-refractivity contribution in [2.24, 2.45) is 0 Å². The summed E-state index contributed by atoms with van der Waals surface area (Å²) in [6.07, 6.45) is 2.33. The molecule has 0 unspecified atom stereocenters. The highest BCUT2D eigenvalue weighted by Gasteiger charge is 2.45. The number of amides is 1. The molecular weight excluding hydrogens is 428 g/mol. The van der Waals surface area contributed by atoms with E-state index < -0.39 is 17.7 Å². The second kappa shape index (κ2) is 10.5. The molecule has 0 radical (unpaired) electrons. The van der Waals surface area contributed by atoms with Crippen LogP contribution in [0.15, 0.2) is 66.8 Å². The van der Waals surface area contributed by atoms with Gasteiger partial charge in [-0.2, -0.15) is 0 Å². The van der Waals surface area contributed by atoms with E-state index in [0.29, 0.717) is 41.5 Å². The Hall–Kier alpha value is -3.09. The van der Waals surface area contributed by atoms with Crippen LogP contribution in [0.3, 0.4) is 0 Å². The van der Waals surface area contributed by atoms with E-state index in [4.69, 9.17) is 16.3 Å². The Balaban J connectivity index is 2.02. The zero-order valence-electron chi connectivity index (χ0n) is 18.3. The first kappa shape index (κ1) is 23.6. The van der Waals surface area contributed by atoms with Gasteiger partial charge in [0, 0.05) is 17.1 Å². The van der Waals surface area contributed by atoms with Crippen LogP contribution in [0.2, 0.25) is 5.02 Å². The number of carbonyl (C=O) groups excluding carboxylic acids is 2. The molecule has 2 aromatic carbocycles. The topological polar surface area (TPSA) is 70.1 Å². The summed E-state index contributed by atoms with van der Waals surface area (Å²) >= 11 is 6.04. The molecule has 0 saturated carbocycles. The summed E-state index contributed by atoms with van der Waals surface area (Å²) in [5.41, 5.74) is 1.22. The minimum atomic E-state index is -0.695. The lowest BCUT2D eigenvalue weighted by atomic mass is 9.95. The number of rotatable bonds is 9. The lowest BCUT2D eigenvalue weighted by Gasteiger charge is -2.26. The van der Waals surface area contributed by atoms with E-state index in [9.17, 15) is 14.7 Å². The van der Waals surface area contributed by atoms with E-state index in [0.717, 1.165) is 6.54 Å². The van der Waals surface area contributed by atoms with Crippen molar-refractivity contribution in [2.45, 2.75) is 12.5 Å². The summed E-state index contributed by atoms with van der Waals surface area (Å²) in [6.45, 7) is 5.13. The number of aliphatic hydroxyl groups is 1. The SMILES string of the molecule is C=CCOc1ccc(/C(O)=C2\C(=O)C(=O)N(CCCN(C)C)[C@@H]2c2ccc(Cl)cc2)cc1. The Morgan fingerprint density at radius 3 is 2.41 bits per heavy atom. The smallest absolute Gasteiger partial charge is 0.295 e. The molecule has 1 saturated heterocycles. The van der Waals surface area contributed by atoms with Crippen LogP contribution in [0.5, 0.6) is 5.75 Å². The summed E-state index contributed by atoms with van der Waals surface area (Å²) in [6, 6.07) is 13.0. The largest absolute Gasteiger partial charge is 0.507 e. The van der Waals surface area contributed by atoms with Gasteiger partial charge in [-0.25, -0.2) is 0 Å². The van der Waals surface area contributed by atoms with Crippen molar-refractivity contribution in [2.75, 3.05) is 33.8 Å². The van der Waals surface area contributed by atoms with E-state index in [1.165, 1.54) is 4.90 Å². The number of ether oxygens (including phenoxy) is 1. The van der Waals surface area contributed by atoms with Crippen molar-refractivity contribution >= 4 is 29.1 Å². The van der Waals surface area contributed by atoms with Gasteiger partial charge in [0.2, 0.25) is 0 Å². The highest BCUT2D eigenvalue weighted by molar-refractivity contribution is 6.46. The summed E-state index contributed by atoms with van der Waals surface area (Å²) in [4.78, 5) is 29.5. The minimum absolute atomic E-state index is 0.0712. The van der Waals surface area contributed by atoms with Crippen molar-refractivity contribution in [1.29, 1.82) is 0 Å². The highest BCUT2D eigenvalue weighted by Crippen LogP contribution is 2.39. The van der Waals surface area contributed by atoms with Crippen molar-refractivity contribution < 1.29 is 19.4 Å². The maximum absolute atomic E-state index is 13.0. The molecule has 7 heteroatoms. The van der Waals surface area contributed by atoms with Gasteiger partial charge in [-0.1, -0.05) is 36.4 Å². The number of ketones is 1. The summed E-state index contributed by atoms with van der Waals surface area (Å²) in [5, 5.41) is 11.6. The first-order chi connectivity index (χ1) is 15.3. The van der Waals surface area contributed by atoms with Gasteiger partial charge < -0.3 is 19.6 Å². The molecule has 1 aliphatic heterocycles. The van der Waals surface area contributed by atoms with Gasteiger partial charge in [-0.15, -0.1) is 0 Å². The third kappa shape index (κ3) is 5.21. The van der Waals surface area contributed by atoms with Crippen molar-refractivity contribution in [3.05, 3.63) is 82.9 Å². The number of nitrogens with zero attached hydrogens (tertiary/aromatic N) is 2. The maximum atomic E-state index is 13.0. The lowest BCUT2D eigenvalue weighted by molar-refractivity contribution is -0.139. The van der Waals surface area contributed by atoms with Gasteiger partial charge in [0.1, 0.15) is 18.1 Å². The van der Waals surface area contributed by atoms with E-state index >= 15 is 0 Å². The van der Waals surface area contributed by atoms with Crippen LogP contribution >= 0.6 is 11.6 Å². The number of hydrogen-bond acceptors (Lipinski definition) is 5. The number of benzene rings is 2. The molecule has 6 nitrogen and oxygen atoms in total. The van der Waals surface area contributed by atoms with Gasteiger partial charge in [0.25, 0.3) is 11.7 Å². The molecule has 0 spiro atoms. The van der Waals surface area contributed by atoms with Crippen LogP contribution in [0, 0.1) is 0 Å². The predicted molar refractivity (Wildman–Crippen MR) is 126 cm³/mol. The van der Waals surface area contributed by atoms with Gasteiger partial charge in [0.15, 0.2) is 0 Å². The second-order valence-electron chi connectivity index (χ2n) is 7.82. The first-order valence-corrected chi connectivity index (χ1v) is 10.7. The fourth-order valence-corrected chi connectivity index (χ4v) is 3.81. The quantitative estimate of drug-likeness (QED) is 0.265. The van der Waals surface area contributed by atoms with E-state index in [1.54, 1.807) is 54.6 Å². The molecule has 1 atom stereocenters. The zero-order valence-corrected chi connectivity index (χ0v) is 19.0. The van der Waals surface area contributed by atoms with Gasteiger partial charge in [-0.05, 0) is 69.0 Å².